The van der Waals surface area contributed by atoms with Gasteiger partial charge in [-0.15, -0.1) is 0 Å². The van der Waals surface area contributed by atoms with Gasteiger partial charge in [-0.1, -0.05) is 25.0 Å². The molecular formula is C21H32N4O2. The number of hydrogen-bond donors (Lipinski definition) is 2. The van der Waals surface area contributed by atoms with Crippen LogP contribution in [-0.2, 0) is 9.59 Å². The van der Waals surface area contributed by atoms with Gasteiger partial charge in [-0.3, -0.25) is 14.5 Å². The fraction of sp³-hybridized carbons (Fsp3) is 0.619. The molecule has 0 atom stereocenters. The van der Waals surface area contributed by atoms with Crippen LogP contribution < -0.4 is 10.6 Å². The SMILES string of the molecule is Cc1cccc(NC(=O)CC(=O)NCC2(N3CCN(C)CC3)CCCC2)c1. The normalized spacial score (nSPS) is 20.4. The average molecular weight is 373 g/mol. The Hall–Kier alpha value is -1.92. The fourth-order valence-electron chi connectivity index (χ4n) is 4.32. The third-order valence-electron chi connectivity index (χ3n) is 5.95. The lowest BCUT2D eigenvalue weighted by Gasteiger charge is -2.45. The Morgan fingerprint density at radius 3 is 2.44 bits per heavy atom. The molecule has 1 aromatic rings. The summed E-state index contributed by atoms with van der Waals surface area (Å²) >= 11 is 0. The minimum absolute atomic E-state index is 0.0734. The molecule has 1 aliphatic heterocycles. The van der Waals surface area contributed by atoms with Crippen molar-refractivity contribution in [3.8, 4) is 0 Å². The molecule has 2 fully saturated rings. The third kappa shape index (κ3) is 5.30. The highest BCUT2D eigenvalue weighted by Crippen LogP contribution is 2.35. The smallest absolute Gasteiger partial charge is 0.233 e. The lowest BCUT2D eigenvalue weighted by Crippen LogP contribution is -2.59. The maximum Gasteiger partial charge on any atom is 0.233 e. The van der Waals surface area contributed by atoms with E-state index in [0.29, 0.717) is 6.54 Å². The van der Waals surface area contributed by atoms with E-state index in [1.54, 1.807) is 0 Å². The summed E-state index contributed by atoms with van der Waals surface area (Å²) in [4.78, 5) is 29.4. The molecule has 1 aliphatic carbocycles. The van der Waals surface area contributed by atoms with Gasteiger partial charge in [0.25, 0.3) is 0 Å². The summed E-state index contributed by atoms with van der Waals surface area (Å²) in [7, 11) is 2.16. The summed E-state index contributed by atoms with van der Waals surface area (Å²) in [6.45, 7) is 6.89. The Balaban J connectivity index is 1.50. The van der Waals surface area contributed by atoms with Crippen LogP contribution in [0, 0.1) is 6.92 Å². The molecule has 6 nitrogen and oxygen atoms in total. The second-order valence-corrected chi connectivity index (χ2v) is 8.09. The highest BCUT2D eigenvalue weighted by Gasteiger charge is 2.40. The molecule has 1 saturated carbocycles. The zero-order chi connectivity index (χ0) is 19.3. The van der Waals surface area contributed by atoms with E-state index in [9.17, 15) is 9.59 Å². The van der Waals surface area contributed by atoms with Gasteiger partial charge in [0.2, 0.25) is 11.8 Å². The minimum Gasteiger partial charge on any atom is -0.354 e. The molecule has 148 valence electrons. The van der Waals surface area contributed by atoms with E-state index < -0.39 is 0 Å². The van der Waals surface area contributed by atoms with Crippen molar-refractivity contribution < 1.29 is 9.59 Å². The number of likely N-dealkylation sites (N-methyl/N-ethyl adjacent to an activating group) is 1. The van der Waals surface area contributed by atoms with Crippen LogP contribution in [0.2, 0.25) is 0 Å². The number of piperazine rings is 1. The van der Waals surface area contributed by atoms with Crippen molar-refractivity contribution in [2.75, 3.05) is 45.1 Å². The van der Waals surface area contributed by atoms with Gasteiger partial charge in [0, 0.05) is 44.0 Å². The largest absolute Gasteiger partial charge is 0.354 e. The minimum atomic E-state index is -0.266. The Bertz CT molecular complexity index is 662. The van der Waals surface area contributed by atoms with Crippen LogP contribution in [0.1, 0.15) is 37.7 Å². The number of nitrogens with zero attached hydrogens (tertiary/aromatic N) is 2. The first kappa shape index (κ1) is 19.8. The number of benzene rings is 1. The van der Waals surface area contributed by atoms with Crippen molar-refractivity contribution in [2.45, 2.75) is 44.6 Å². The molecule has 2 N–H and O–H groups in total. The highest BCUT2D eigenvalue weighted by molar-refractivity contribution is 6.03. The maximum absolute atomic E-state index is 12.3. The van der Waals surface area contributed by atoms with E-state index in [4.69, 9.17) is 0 Å². The molecule has 1 heterocycles. The van der Waals surface area contributed by atoms with E-state index in [0.717, 1.165) is 50.3 Å². The molecule has 0 radical (unpaired) electrons. The average Bonchev–Trinajstić information content (AvgIpc) is 3.10. The van der Waals surface area contributed by atoms with E-state index in [1.807, 2.05) is 31.2 Å². The van der Waals surface area contributed by atoms with Crippen molar-refractivity contribution in [2.24, 2.45) is 0 Å². The Morgan fingerprint density at radius 1 is 1.07 bits per heavy atom. The van der Waals surface area contributed by atoms with Crippen LogP contribution >= 0.6 is 0 Å². The van der Waals surface area contributed by atoms with Crippen LogP contribution in [0.3, 0.4) is 0 Å². The zero-order valence-electron chi connectivity index (χ0n) is 16.6. The van der Waals surface area contributed by atoms with Crippen LogP contribution in [0.15, 0.2) is 24.3 Å². The van der Waals surface area contributed by atoms with Gasteiger partial charge in [-0.05, 0) is 44.5 Å². The molecule has 0 bridgehead atoms. The third-order valence-corrected chi connectivity index (χ3v) is 5.95. The molecule has 2 aliphatic rings. The molecule has 6 heteroatoms. The molecule has 3 rings (SSSR count). The van der Waals surface area contributed by atoms with Crippen molar-refractivity contribution in [3.05, 3.63) is 29.8 Å². The Morgan fingerprint density at radius 2 is 1.78 bits per heavy atom. The predicted octanol–water partition coefficient (Wildman–Crippen LogP) is 2.00. The first-order chi connectivity index (χ1) is 13.0. The van der Waals surface area contributed by atoms with Gasteiger partial charge >= 0.3 is 0 Å². The van der Waals surface area contributed by atoms with Gasteiger partial charge < -0.3 is 15.5 Å². The van der Waals surface area contributed by atoms with Crippen molar-refractivity contribution in [1.29, 1.82) is 0 Å². The molecule has 0 aromatic heterocycles. The summed E-state index contributed by atoms with van der Waals surface area (Å²) in [6, 6.07) is 7.60. The first-order valence-electron chi connectivity index (χ1n) is 10.0. The molecular weight excluding hydrogens is 340 g/mol. The summed E-state index contributed by atoms with van der Waals surface area (Å²) in [5.74, 6) is -0.460. The molecule has 1 aromatic carbocycles. The van der Waals surface area contributed by atoms with Gasteiger partial charge in [0.05, 0.1) is 0 Å². The first-order valence-corrected chi connectivity index (χ1v) is 10.0. The monoisotopic (exact) mass is 372 g/mol. The van der Waals surface area contributed by atoms with Crippen molar-refractivity contribution >= 4 is 17.5 Å². The van der Waals surface area contributed by atoms with Crippen LogP contribution in [0.4, 0.5) is 5.69 Å². The zero-order valence-corrected chi connectivity index (χ0v) is 16.6. The van der Waals surface area contributed by atoms with Gasteiger partial charge in [-0.2, -0.15) is 0 Å². The van der Waals surface area contributed by atoms with Crippen LogP contribution in [-0.4, -0.2) is 66.9 Å². The highest BCUT2D eigenvalue weighted by atomic mass is 16.2. The summed E-state index contributed by atoms with van der Waals surface area (Å²) in [6.07, 6.45) is 4.57. The second-order valence-electron chi connectivity index (χ2n) is 8.09. The molecule has 27 heavy (non-hydrogen) atoms. The second kappa shape index (κ2) is 8.85. The van der Waals surface area contributed by atoms with Crippen LogP contribution in [0.25, 0.3) is 0 Å². The maximum atomic E-state index is 12.3. The lowest BCUT2D eigenvalue weighted by atomic mass is 9.93. The number of hydrogen-bond acceptors (Lipinski definition) is 4. The number of anilines is 1. The Kier molecular flexibility index (Phi) is 6.50. The number of rotatable bonds is 6. The number of aryl methyl sites for hydroxylation is 1. The molecule has 2 amide bonds. The number of carbonyl (C=O) groups excluding carboxylic acids is 2. The summed E-state index contributed by atoms with van der Waals surface area (Å²) in [5.41, 5.74) is 1.88. The van der Waals surface area contributed by atoms with E-state index in [1.165, 1.54) is 12.8 Å². The van der Waals surface area contributed by atoms with E-state index >= 15 is 0 Å². The van der Waals surface area contributed by atoms with Gasteiger partial charge in [-0.25, -0.2) is 0 Å². The standard InChI is InChI=1S/C21H32N4O2/c1-17-6-5-7-18(14-17)23-20(27)15-19(26)22-16-21(8-3-4-9-21)25-12-10-24(2)11-13-25/h5-7,14H,3-4,8-13,15-16H2,1-2H3,(H,22,26)(H,23,27). The predicted molar refractivity (Wildman–Crippen MR) is 108 cm³/mol. The van der Waals surface area contributed by atoms with Crippen molar-refractivity contribution in [1.82, 2.24) is 15.1 Å². The van der Waals surface area contributed by atoms with Crippen molar-refractivity contribution in [3.63, 3.8) is 0 Å². The number of amides is 2. The number of carbonyl (C=O) groups is 2. The molecule has 1 saturated heterocycles. The molecule has 0 unspecified atom stereocenters. The lowest BCUT2D eigenvalue weighted by molar-refractivity contribution is -0.127. The summed E-state index contributed by atoms with van der Waals surface area (Å²) < 4.78 is 0. The van der Waals surface area contributed by atoms with E-state index in [-0.39, 0.29) is 23.8 Å². The molecule has 0 spiro atoms. The quantitative estimate of drug-likeness (QED) is 0.750. The van der Waals surface area contributed by atoms with Crippen LogP contribution in [0.5, 0.6) is 0 Å². The van der Waals surface area contributed by atoms with Gasteiger partial charge in [0.15, 0.2) is 0 Å². The Labute approximate surface area is 162 Å². The van der Waals surface area contributed by atoms with E-state index in [2.05, 4.69) is 27.5 Å². The summed E-state index contributed by atoms with van der Waals surface area (Å²) in [5, 5.41) is 5.85. The number of nitrogens with one attached hydrogen (secondary N) is 2. The topological polar surface area (TPSA) is 64.7 Å². The van der Waals surface area contributed by atoms with Gasteiger partial charge in [0.1, 0.15) is 6.42 Å². The fourth-order valence-corrected chi connectivity index (χ4v) is 4.32.